The van der Waals surface area contributed by atoms with Gasteiger partial charge in [-0.15, -0.1) is 0 Å². The number of benzene rings is 1. The van der Waals surface area contributed by atoms with Crippen LogP contribution in [0.4, 0.5) is 0 Å². The van der Waals surface area contributed by atoms with Gasteiger partial charge in [0.1, 0.15) is 0 Å². The van der Waals surface area contributed by atoms with Gasteiger partial charge in [-0.3, -0.25) is 9.80 Å². The second-order valence-corrected chi connectivity index (χ2v) is 7.39. The summed E-state index contributed by atoms with van der Waals surface area (Å²) in [4.78, 5) is 5.27. The Bertz CT molecular complexity index is 526. The summed E-state index contributed by atoms with van der Waals surface area (Å²) >= 11 is 0. The monoisotopic (exact) mass is 332 g/mol. The summed E-state index contributed by atoms with van der Waals surface area (Å²) < 4.78 is 11.0. The van der Waals surface area contributed by atoms with Gasteiger partial charge in [-0.25, -0.2) is 0 Å². The van der Waals surface area contributed by atoms with Crippen molar-refractivity contribution in [2.75, 3.05) is 40.4 Å². The summed E-state index contributed by atoms with van der Waals surface area (Å²) in [7, 11) is 3.43. The Hall–Kier alpha value is -1.26. The molecule has 0 aromatic heterocycles. The Morgan fingerprint density at radius 1 is 1.04 bits per heavy atom. The first-order valence-electron chi connectivity index (χ1n) is 9.37. The maximum atomic E-state index is 5.57. The quantitative estimate of drug-likeness (QED) is 0.825. The molecule has 1 heterocycles. The third-order valence-electron chi connectivity index (χ3n) is 5.71. The average molecular weight is 332 g/mol. The van der Waals surface area contributed by atoms with Crippen molar-refractivity contribution >= 4 is 0 Å². The zero-order valence-electron chi connectivity index (χ0n) is 15.5. The highest BCUT2D eigenvalue weighted by atomic mass is 16.5. The van der Waals surface area contributed by atoms with Crippen molar-refractivity contribution < 1.29 is 9.47 Å². The molecule has 4 nitrogen and oxygen atoms in total. The van der Waals surface area contributed by atoms with Crippen molar-refractivity contribution in [2.45, 2.75) is 45.2 Å². The van der Waals surface area contributed by atoms with E-state index in [-0.39, 0.29) is 0 Å². The minimum absolute atomic E-state index is 0.822. The van der Waals surface area contributed by atoms with Crippen molar-refractivity contribution in [3.8, 4) is 11.5 Å². The van der Waals surface area contributed by atoms with Crippen LogP contribution < -0.4 is 9.47 Å². The maximum Gasteiger partial charge on any atom is 0.165 e. The van der Waals surface area contributed by atoms with Gasteiger partial charge in [-0.05, 0) is 24.8 Å². The molecule has 1 saturated carbocycles. The molecular formula is C20H32N2O2. The molecule has 4 heteroatoms. The fourth-order valence-electron chi connectivity index (χ4n) is 4.34. The summed E-state index contributed by atoms with van der Waals surface area (Å²) in [6.45, 7) is 8.04. The predicted octanol–water partition coefficient (Wildman–Crippen LogP) is 3.40. The molecular weight excluding hydrogens is 300 g/mol. The van der Waals surface area contributed by atoms with E-state index in [1.54, 1.807) is 14.2 Å². The second kappa shape index (κ2) is 8.21. The minimum atomic E-state index is 0.822. The summed E-state index contributed by atoms with van der Waals surface area (Å²) in [6, 6.07) is 6.99. The number of methoxy groups -OCH3 is 2. The number of nitrogens with zero attached hydrogens (tertiary/aromatic N) is 2. The molecule has 1 aliphatic carbocycles. The van der Waals surface area contributed by atoms with E-state index in [4.69, 9.17) is 9.47 Å². The molecule has 134 valence electrons. The van der Waals surface area contributed by atoms with E-state index in [0.717, 1.165) is 43.1 Å². The van der Waals surface area contributed by atoms with Crippen LogP contribution in [0.3, 0.4) is 0 Å². The Morgan fingerprint density at radius 2 is 1.83 bits per heavy atom. The van der Waals surface area contributed by atoms with Crippen LogP contribution in [0.2, 0.25) is 0 Å². The molecule has 1 aliphatic heterocycles. The topological polar surface area (TPSA) is 24.9 Å². The van der Waals surface area contributed by atoms with Gasteiger partial charge in [-0.2, -0.15) is 0 Å². The molecule has 2 atom stereocenters. The third kappa shape index (κ3) is 4.04. The molecule has 1 saturated heterocycles. The van der Waals surface area contributed by atoms with E-state index in [1.807, 2.05) is 6.07 Å². The summed E-state index contributed by atoms with van der Waals surface area (Å²) in [6.07, 6.45) is 5.62. The Labute approximate surface area is 146 Å². The van der Waals surface area contributed by atoms with Crippen LogP contribution in [-0.2, 0) is 6.54 Å². The first-order valence-corrected chi connectivity index (χ1v) is 9.37. The summed E-state index contributed by atoms with van der Waals surface area (Å²) in [5, 5.41) is 0. The summed E-state index contributed by atoms with van der Waals surface area (Å²) in [5.41, 5.74) is 1.22. The molecule has 0 amide bonds. The molecule has 2 fully saturated rings. The third-order valence-corrected chi connectivity index (χ3v) is 5.71. The van der Waals surface area contributed by atoms with Crippen LogP contribution >= 0.6 is 0 Å². The fraction of sp³-hybridized carbons (Fsp3) is 0.700. The number of rotatable bonds is 5. The van der Waals surface area contributed by atoms with E-state index in [1.165, 1.54) is 44.3 Å². The van der Waals surface area contributed by atoms with Gasteiger partial charge in [0.05, 0.1) is 14.2 Å². The zero-order valence-corrected chi connectivity index (χ0v) is 15.5. The van der Waals surface area contributed by atoms with Crippen LogP contribution in [0.25, 0.3) is 0 Å². The molecule has 0 spiro atoms. The normalized spacial score (nSPS) is 26.3. The van der Waals surface area contributed by atoms with Gasteiger partial charge in [0.25, 0.3) is 0 Å². The van der Waals surface area contributed by atoms with Gasteiger partial charge in [0, 0.05) is 44.3 Å². The number of piperazine rings is 1. The van der Waals surface area contributed by atoms with E-state index < -0.39 is 0 Å². The van der Waals surface area contributed by atoms with Gasteiger partial charge in [-0.1, -0.05) is 31.9 Å². The number of para-hydroxylation sites is 1. The average Bonchev–Trinajstić information content (AvgIpc) is 2.62. The first kappa shape index (κ1) is 17.6. The minimum Gasteiger partial charge on any atom is -0.493 e. The lowest BCUT2D eigenvalue weighted by atomic mass is 9.86. The van der Waals surface area contributed by atoms with Crippen molar-refractivity contribution in [3.63, 3.8) is 0 Å². The smallest absolute Gasteiger partial charge is 0.165 e. The highest BCUT2D eigenvalue weighted by molar-refractivity contribution is 5.46. The van der Waals surface area contributed by atoms with Crippen LogP contribution in [0.5, 0.6) is 11.5 Å². The van der Waals surface area contributed by atoms with Gasteiger partial charge in [0.2, 0.25) is 0 Å². The molecule has 0 bridgehead atoms. The number of hydrogen-bond donors (Lipinski definition) is 0. The van der Waals surface area contributed by atoms with Crippen molar-refractivity contribution in [3.05, 3.63) is 23.8 Å². The maximum absolute atomic E-state index is 5.57. The molecule has 2 aliphatic rings. The van der Waals surface area contributed by atoms with Gasteiger partial charge in [0.15, 0.2) is 11.5 Å². The number of hydrogen-bond acceptors (Lipinski definition) is 4. The van der Waals surface area contributed by atoms with Crippen LogP contribution in [-0.4, -0.2) is 56.2 Å². The fourth-order valence-corrected chi connectivity index (χ4v) is 4.34. The molecule has 0 N–H and O–H groups in total. The molecule has 0 unspecified atom stereocenters. The van der Waals surface area contributed by atoms with Gasteiger partial charge < -0.3 is 9.47 Å². The molecule has 3 rings (SSSR count). The second-order valence-electron chi connectivity index (χ2n) is 7.39. The Kier molecular flexibility index (Phi) is 6.01. The van der Waals surface area contributed by atoms with Crippen LogP contribution in [0.1, 0.15) is 38.2 Å². The highest BCUT2D eigenvalue weighted by Crippen LogP contribution is 2.32. The lowest BCUT2D eigenvalue weighted by Crippen LogP contribution is -2.50. The molecule has 1 aromatic carbocycles. The molecule has 1 aromatic rings. The summed E-state index contributed by atoms with van der Waals surface area (Å²) in [5.74, 6) is 2.61. The molecule has 0 radical (unpaired) electrons. The zero-order chi connectivity index (χ0) is 16.9. The van der Waals surface area contributed by atoms with E-state index in [0.29, 0.717) is 0 Å². The van der Waals surface area contributed by atoms with E-state index >= 15 is 0 Å². The predicted molar refractivity (Wildman–Crippen MR) is 97.8 cm³/mol. The van der Waals surface area contributed by atoms with Crippen LogP contribution in [0.15, 0.2) is 18.2 Å². The highest BCUT2D eigenvalue weighted by Gasteiger charge is 2.27. The van der Waals surface area contributed by atoms with Gasteiger partial charge >= 0.3 is 0 Å². The Morgan fingerprint density at radius 3 is 2.50 bits per heavy atom. The standard InChI is InChI=1S/C20H32N2O2/c1-16-6-4-8-18(14-16)22-12-10-21(11-13-22)15-17-7-5-9-19(23-2)20(17)24-3/h5,7,9,16,18H,4,6,8,10-15H2,1-3H3/t16-,18-/m1/s1. The lowest BCUT2D eigenvalue weighted by Gasteiger charge is -2.42. The molecule has 24 heavy (non-hydrogen) atoms. The Balaban J connectivity index is 1.56. The van der Waals surface area contributed by atoms with Crippen LogP contribution in [0, 0.1) is 5.92 Å². The van der Waals surface area contributed by atoms with E-state index in [2.05, 4.69) is 28.9 Å². The van der Waals surface area contributed by atoms with Crippen molar-refractivity contribution in [1.82, 2.24) is 9.80 Å². The largest absolute Gasteiger partial charge is 0.493 e. The van der Waals surface area contributed by atoms with Crippen molar-refractivity contribution in [2.24, 2.45) is 5.92 Å². The lowest BCUT2D eigenvalue weighted by molar-refractivity contribution is 0.0655. The van der Waals surface area contributed by atoms with E-state index in [9.17, 15) is 0 Å². The number of ether oxygens (including phenoxy) is 2. The van der Waals surface area contributed by atoms with Crippen molar-refractivity contribution in [1.29, 1.82) is 0 Å². The SMILES string of the molecule is COc1cccc(CN2CCN([C@@H]3CCC[C@@H](C)C3)CC2)c1OC. The first-order chi connectivity index (χ1) is 11.7.